The molecule has 1 aromatic heterocycles. The van der Waals surface area contributed by atoms with Crippen molar-refractivity contribution >= 4 is 12.0 Å². The second-order valence-electron chi connectivity index (χ2n) is 3.53. The Morgan fingerprint density at radius 1 is 1.31 bits per heavy atom. The van der Waals surface area contributed by atoms with Gasteiger partial charge in [0.15, 0.2) is 0 Å². The van der Waals surface area contributed by atoms with Crippen LogP contribution in [0.15, 0.2) is 48.8 Å². The molecule has 0 saturated heterocycles. The third-order valence-corrected chi connectivity index (χ3v) is 2.23. The molecule has 0 saturated carbocycles. The third-order valence-electron chi connectivity index (χ3n) is 2.23. The summed E-state index contributed by atoms with van der Waals surface area (Å²) in [7, 11) is 0. The van der Waals surface area contributed by atoms with Crippen molar-refractivity contribution in [2.24, 2.45) is 0 Å². The average molecular weight is 212 g/mol. The van der Waals surface area contributed by atoms with E-state index in [0.717, 1.165) is 5.56 Å². The van der Waals surface area contributed by atoms with Gasteiger partial charge in [-0.25, -0.2) is 4.68 Å². The number of rotatable bonds is 2. The number of nitrogens with zero attached hydrogens (tertiary/aromatic N) is 2. The maximum atomic E-state index is 11.6. The van der Waals surface area contributed by atoms with Crippen LogP contribution >= 0.6 is 0 Å². The molecule has 0 unspecified atom stereocenters. The largest absolute Gasteiger partial charge is 0.270 e. The lowest BCUT2D eigenvalue weighted by Crippen LogP contribution is -2.06. The highest BCUT2D eigenvalue weighted by Gasteiger charge is 1.97. The minimum absolute atomic E-state index is 0.148. The standard InChI is InChI=1S/C13H12N2O/c1-11-3-5-12(6-4-11)7-8-13(16)15-10-2-9-14-15/h2-10H,1H3. The van der Waals surface area contributed by atoms with Gasteiger partial charge in [-0.05, 0) is 24.6 Å². The summed E-state index contributed by atoms with van der Waals surface area (Å²) in [5, 5.41) is 3.86. The highest BCUT2D eigenvalue weighted by atomic mass is 16.2. The van der Waals surface area contributed by atoms with Crippen molar-refractivity contribution in [1.82, 2.24) is 9.78 Å². The van der Waals surface area contributed by atoms with E-state index >= 15 is 0 Å². The van der Waals surface area contributed by atoms with Crippen molar-refractivity contribution in [1.29, 1.82) is 0 Å². The predicted molar refractivity (Wildman–Crippen MR) is 63.1 cm³/mol. The van der Waals surface area contributed by atoms with Gasteiger partial charge in [0.05, 0.1) is 0 Å². The van der Waals surface area contributed by atoms with Crippen LogP contribution in [0.1, 0.15) is 15.9 Å². The zero-order valence-corrected chi connectivity index (χ0v) is 9.00. The normalized spacial score (nSPS) is 10.8. The lowest BCUT2D eigenvalue weighted by molar-refractivity contribution is 0.0955. The lowest BCUT2D eigenvalue weighted by Gasteiger charge is -1.95. The molecule has 80 valence electrons. The molecular formula is C13H12N2O. The first-order chi connectivity index (χ1) is 7.75. The summed E-state index contributed by atoms with van der Waals surface area (Å²) < 4.78 is 1.30. The van der Waals surface area contributed by atoms with Gasteiger partial charge in [0, 0.05) is 18.5 Å². The molecule has 16 heavy (non-hydrogen) atoms. The number of carbonyl (C=O) groups is 1. The van der Waals surface area contributed by atoms with Crippen LogP contribution in [0.25, 0.3) is 6.08 Å². The lowest BCUT2D eigenvalue weighted by atomic mass is 10.1. The van der Waals surface area contributed by atoms with Gasteiger partial charge < -0.3 is 0 Å². The van der Waals surface area contributed by atoms with E-state index in [2.05, 4.69) is 5.10 Å². The van der Waals surface area contributed by atoms with Gasteiger partial charge in [-0.3, -0.25) is 4.79 Å². The van der Waals surface area contributed by atoms with E-state index in [-0.39, 0.29) is 5.91 Å². The summed E-state index contributed by atoms with van der Waals surface area (Å²) in [4.78, 5) is 11.6. The van der Waals surface area contributed by atoms with Crippen LogP contribution in [0.3, 0.4) is 0 Å². The minimum Gasteiger partial charge on any atom is -0.267 e. The summed E-state index contributed by atoms with van der Waals surface area (Å²) in [6.07, 6.45) is 6.50. The smallest absolute Gasteiger partial charge is 0.267 e. The second-order valence-corrected chi connectivity index (χ2v) is 3.53. The molecule has 0 aliphatic rings. The molecule has 3 nitrogen and oxygen atoms in total. The Kier molecular flexibility index (Phi) is 2.96. The molecule has 3 heteroatoms. The highest BCUT2D eigenvalue weighted by Crippen LogP contribution is 2.05. The first kappa shape index (κ1) is 10.4. The number of hydrogen-bond acceptors (Lipinski definition) is 2. The molecule has 1 heterocycles. The van der Waals surface area contributed by atoms with E-state index in [1.54, 1.807) is 24.5 Å². The van der Waals surface area contributed by atoms with Gasteiger partial charge in [0.2, 0.25) is 0 Å². The van der Waals surface area contributed by atoms with Crippen LogP contribution in [0.5, 0.6) is 0 Å². The first-order valence-corrected chi connectivity index (χ1v) is 5.04. The molecule has 0 spiro atoms. The first-order valence-electron chi connectivity index (χ1n) is 5.04. The molecule has 0 atom stereocenters. The maximum Gasteiger partial charge on any atom is 0.270 e. The van der Waals surface area contributed by atoms with E-state index in [9.17, 15) is 4.79 Å². The molecule has 2 aromatic rings. The van der Waals surface area contributed by atoms with Gasteiger partial charge in [-0.15, -0.1) is 0 Å². The van der Waals surface area contributed by atoms with Crippen LogP contribution in [0.4, 0.5) is 0 Å². The van der Waals surface area contributed by atoms with Crippen LogP contribution in [0.2, 0.25) is 0 Å². The van der Waals surface area contributed by atoms with E-state index in [1.807, 2.05) is 31.2 Å². The Morgan fingerprint density at radius 2 is 2.06 bits per heavy atom. The third kappa shape index (κ3) is 2.45. The number of allylic oxidation sites excluding steroid dienone is 1. The number of aromatic nitrogens is 2. The van der Waals surface area contributed by atoms with Gasteiger partial charge in [-0.2, -0.15) is 5.10 Å². The monoisotopic (exact) mass is 212 g/mol. The van der Waals surface area contributed by atoms with Gasteiger partial charge >= 0.3 is 0 Å². The van der Waals surface area contributed by atoms with Crippen molar-refractivity contribution < 1.29 is 4.79 Å². The van der Waals surface area contributed by atoms with E-state index in [0.29, 0.717) is 0 Å². The van der Waals surface area contributed by atoms with Crippen LogP contribution < -0.4 is 0 Å². The van der Waals surface area contributed by atoms with Crippen molar-refractivity contribution in [2.75, 3.05) is 0 Å². The van der Waals surface area contributed by atoms with Gasteiger partial charge in [0.25, 0.3) is 5.91 Å². The van der Waals surface area contributed by atoms with Crippen LogP contribution in [0, 0.1) is 6.92 Å². The molecule has 1 aromatic carbocycles. The Morgan fingerprint density at radius 3 is 2.69 bits per heavy atom. The molecule has 0 fully saturated rings. The van der Waals surface area contributed by atoms with Crippen molar-refractivity contribution in [3.63, 3.8) is 0 Å². The van der Waals surface area contributed by atoms with Crippen molar-refractivity contribution in [3.05, 3.63) is 59.9 Å². The quantitative estimate of drug-likeness (QED) is 0.717. The Hall–Kier alpha value is -2.16. The average Bonchev–Trinajstić information content (AvgIpc) is 2.81. The van der Waals surface area contributed by atoms with Gasteiger partial charge in [0.1, 0.15) is 0 Å². The zero-order valence-electron chi connectivity index (χ0n) is 9.00. The van der Waals surface area contributed by atoms with Crippen molar-refractivity contribution in [2.45, 2.75) is 6.92 Å². The van der Waals surface area contributed by atoms with E-state index in [1.165, 1.54) is 16.3 Å². The van der Waals surface area contributed by atoms with Crippen molar-refractivity contribution in [3.8, 4) is 0 Å². The Labute approximate surface area is 94.0 Å². The molecule has 0 radical (unpaired) electrons. The number of benzene rings is 1. The topological polar surface area (TPSA) is 34.9 Å². The second kappa shape index (κ2) is 4.57. The predicted octanol–water partition coefficient (Wildman–Crippen LogP) is 2.55. The Balaban J connectivity index is 2.10. The summed E-state index contributed by atoms with van der Waals surface area (Å²) in [6.45, 7) is 2.03. The molecule has 2 rings (SSSR count). The summed E-state index contributed by atoms with van der Waals surface area (Å²) in [5.74, 6) is -0.148. The summed E-state index contributed by atoms with van der Waals surface area (Å²) >= 11 is 0. The molecule has 0 aliphatic heterocycles. The zero-order chi connectivity index (χ0) is 11.4. The van der Waals surface area contributed by atoms with Gasteiger partial charge in [-0.1, -0.05) is 29.8 Å². The Bertz CT molecular complexity index is 495. The fraction of sp³-hybridized carbons (Fsp3) is 0.0769. The molecule has 0 N–H and O–H groups in total. The molecule has 0 amide bonds. The fourth-order valence-electron chi connectivity index (χ4n) is 1.32. The minimum atomic E-state index is -0.148. The molecule has 0 aliphatic carbocycles. The van der Waals surface area contributed by atoms with E-state index in [4.69, 9.17) is 0 Å². The fourth-order valence-corrected chi connectivity index (χ4v) is 1.32. The van der Waals surface area contributed by atoms with E-state index < -0.39 is 0 Å². The SMILES string of the molecule is Cc1ccc(C=CC(=O)n2cccn2)cc1. The number of carbonyl (C=O) groups excluding carboxylic acids is 1. The summed E-state index contributed by atoms with van der Waals surface area (Å²) in [5.41, 5.74) is 2.21. The number of aryl methyl sites for hydroxylation is 1. The molecular weight excluding hydrogens is 200 g/mol. The van der Waals surface area contributed by atoms with Crippen LogP contribution in [-0.4, -0.2) is 15.7 Å². The summed E-state index contributed by atoms with van der Waals surface area (Å²) in [6, 6.07) is 9.69. The van der Waals surface area contributed by atoms with Crippen LogP contribution in [-0.2, 0) is 0 Å². The highest BCUT2D eigenvalue weighted by molar-refractivity contribution is 5.92. The number of hydrogen-bond donors (Lipinski definition) is 0. The molecule has 0 bridgehead atoms. The maximum absolute atomic E-state index is 11.6.